The number of phenols is 1. The Bertz CT molecular complexity index is 1460. The number of nitrogens with one attached hydrogen (secondary N) is 2. The van der Waals surface area contributed by atoms with Gasteiger partial charge in [-0.1, -0.05) is 48.5 Å². The van der Waals surface area contributed by atoms with Crippen LogP contribution in [0.1, 0.15) is 31.5 Å². The molecule has 1 atom stereocenters. The second-order valence-electron chi connectivity index (χ2n) is 7.90. The molecule has 4 aromatic rings. The van der Waals surface area contributed by atoms with Crippen LogP contribution >= 0.6 is 11.8 Å². The maximum Gasteiger partial charge on any atom is 0.339 e. The highest BCUT2D eigenvalue weighted by Crippen LogP contribution is 2.37. The van der Waals surface area contributed by atoms with Crippen LogP contribution in [0, 0.1) is 5.82 Å². The molecule has 1 unspecified atom stereocenters. The second kappa shape index (κ2) is 11.4. The van der Waals surface area contributed by atoms with E-state index in [4.69, 9.17) is 0 Å². The number of carbonyl (C=O) groups excluding carboxylic acids is 2. The maximum absolute atomic E-state index is 14.0. The normalized spacial score (nSPS) is 11.4. The van der Waals surface area contributed by atoms with Gasteiger partial charge >= 0.3 is 5.97 Å². The molecular formula is C28H21FN2O5S. The summed E-state index contributed by atoms with van der Waals surface area (Å²) in [5.41, 5.74) is 0.919. The van der Waals surface area contributed by atoms with Crippen LogP contribution in [-0.4, -0.2) is 28.0 Å². The van der Waals surface area contributed by atoms with Crippen molar-refractivity contribution in [1.82, 2.24) is 0 Å². The Kier molecular flexibility index (Phi) is 7.85. The first-order valence-corrected chi connectivity index (χ1v) is 11.9. The summed E-state index contributed by atoms with van der Waals surface area (Å²) in [5.74, 6) is -3.38. The number of carbonyl (C=O) groups is 3. The number of rotatable bonds is 8. The molecule has 37 heavy (non-hydrogen) atoms. The van der Waals surface area contributed by atoms with Crippen LogP contribution in [0.2, 0.25) is 0 Å². The molecule has 0 bridgehead atoms. The molecule has 0 saturated heterocycles. The number of halogens is 1. The molecule has 186 valence electrons. The first kappa shape index (κ1) is 25.5. The molecule has 0 radical (unpaired) electrons. The summed E-state index contributed by atoms with van der Waals surface area (Å²) in [6, 6.07) is 25.3. The number of benzene rings is 4. The molecule has 0 aliphatic heterocycles. The Morgan fingerprint density at radius 1 is 0.757 bits per heavy atom. The van der Waals surface area contributed by atoms with Gasteiger partial charge < -0.3 is 20.8 Å². The quantitative estimate of drug-likeness (QED) is 0.170. The van der Waals surface area contributed by atoms with Gasteiger partial charge in [-0.3, -0.25) is 9.59 Å². The molecule has 2 amide bonds. The molecular weight excluding hydrogens is 495 g/mol. The fourth-order valence-electron chi connectivity index (χ4n) is 3.52. The van der Waals surface area contributed by atoms with E-state index in [1.807, 2.05) is 6.07 Å². The first-order valence-electron chi connectivity index (χ1n) is 11.1. The van der Waals surface area contributed by atoms with Gasteiger partial charge in [-0.05, 0) is 54.1 Å². The summed E-state index contributed by atoms with van der Waals surface area (Å²) in [5, 5.41) is 23.7. The highest BCUT2D eigenvalue weighted by Gasteiger charge is 2.23. The van der Waals surface area contributed by atoms with Crippen molar-refractivity contribution in [3.05, 3.63) is 120 Å². The van der Waals surface area contributed by atoms with Crippen molar-refractivity contribution in [2.75, 3.05) is 10.6 Å². The van der Waals surface area contributed by atoms with Crippen molar-refractivity contribution in [3.63, 3.8) is 0 Å². The Morgan fingerprint density at radius 3 is 2.19 bits per heavy atom. The van der Waals surface area contributed by atoms with Crippen LogP contribution in [0.25, 0.3) is 0 Å². The third-order valence-electron chi connectivity index (χ3n) is 5.30. The topological polar surface area (TPSA) is 116 Å². The van der Waals surface area contributed by atoms with E-state index in [2.05, 4.69) is 10.6 Å². The van der Waals surface area contributed by atoms with Gasteiger partial charge in [-0.25, -0.2) is 9.18 Å². The van der Waals surface area contributed by atoms with Crippen molar-refractivity contribution < 1.29 is 29.0 Å². The van der Waals surface area contributed by atoms with E-state index in [1.165, 1.54) is 48.2 Å². The summed E-state index contributed by atoms with van der Waals surface area (Å²) in [7, 11) is 0. The van der Waals surface area contributed by atoms with Gasteiger partial charge in [0.2, 0.25) is 5.91 Å². The van der Waals surface area contributed by atoms with E-state index < -0.39 is 34.6 Å². The number of thioether (sulfide) groups is 1. The van der Waals surface area contributed by atoms with Crippen LogP contribution in [0.15, 0.2) is 102 Å². The van der Waals surface area contributed by atoms with Crippen LogP contribution < -0.4 is 10.6 Å². The third kappa shape index (κ3) is 6.33. The van der Waals surface area contributed by atoms with E-state index in [0.29, 0.717) is 16.1 Å². The van der Waals surface area contributed by atoms with Crippen molar-refractivity contribution in [3.8, 4) is 5.75 Å². The van der Waals surface area contributed by atoms with E-state index in [1.54, 1.807) is 54.6 Å². The predicted molar refractivity (Wildman–Crippen MR) is 140 cm³/mol. The molecule has 0 aliphatic carbocycles. The molecule has 0 fully saturated rings. The Balaban J connectivity index is 1.57. The number of aromatic carboxylic acids is 1. The van der Waals surface area contributed by atoms with E-state index >= 15 is 0 Å². The fourth-order valence-corrected chi connectivity index (χ4v) is 4.60. The molecule has 0 aliphatic rings. The van der Waals surface area contributed by atoms with Gasteiger partial charge in [0.1, 0.15) is 22.4 Å². The standard InChI is InChI=1S/C28H21FN2O5S/c29-23-12-5-4-11-21(23)26(33)30-18-9-6-10-20(15-18)37-25(17-7-2-1-3-8-17)27(34)31-19-13-14-24(32)22(16-19)28(35)36/h1-16,25,32H,(H,30,33)(H,31,34)(H,35,36). The summed E-state index contributed by atoms with van der Waals surface area (Å²) < 4.78 is 14.0. The second-order valence-corrected chi connectivity index (χ2v) is 9.08. The minimum Gasteiger partial charge on any atom is -0.507 e. The fraction of sp³-hybridized carbons (Fsp3) is 0.0357. The lowest BCUT2D eigenvalue weighted by atomic mass is 10.1. The van der Waals surface area contributed by atoms with Crippen LogP contribution in [0.4, 0.5) is 15.8 Å². The largest absolute Gasteiger partial charge is 0.507 e. The van der Waals surface area contributed by atoms with Gasteiger partial charge in [0.25, 0.3) is 5.91 Å². The highest BCUT2D eigenvalue weighted by atomic mass is 32.2. The van der Waals surface area contributed by atoms with E-state index in [0.717, 1.165) is 0 Å². The van der Waals surface area contributed by atoms with Crippen molar-refractivity contribution in [2.45, 2.75) is 10.1 Å². The zero-order chi connectivity index (χ0) is 26.4. The number of anilines is 2. The Labute approximate surface area is 216 Å². The SMILES string of the molecule is O=C(O)c1cc(NC(=O)C(Sc2cccc(NC(=O)c3ccccc3F)c2)c2ccccc2)ccc1O. The van der Waals surface area contributed by atoms with Gasteiger partial charge in [0, 0.05) is 16.3 Å². The highest BCUT2D eigenvalue weighted by molar-refractivity contribution is 8.00. The lowest BCUT2D eigenvalue weighted by Crippen LogP contribution is -2.19. The minimum atomic E-state index is -1.32. The predicted octanol–water partition coefficient (Wildman–Crippen LogP) is 5.95. The molecule has 4 rings (SSSR count). The Hall–Kier alpha value is -4.63. The van der Waals surface area contributed by atoms with E-state index in [9.17, 15) is 29.0 Å². The minimum absolute atomic E-state index is 0.0864. The first-order chi connectivity index (χ1) is 17.8. The third-order valence-corrected chi connectivity index (χ3v) is 6.55. The summed E-state index contributed by atoms with van der Waals surface area (Å²) >= 11 is 1.22. The smallest absolute Gasteiger partial charge is 0.339 e. The Morgan fingerprint density at radius 2 is 1.46 bits per heavy atom. The number of amides is 2. The average Bonchev–Trinajstić information content (AvgIpc) is 2.89. The number of carboxylic acids is 1. The van der Waals surface area contributed by atoms with Crippen LogP contribution in [0.3, 0.4) is 0 Å². The molecule has 0 heterocycles. The summed E-state index contributed by atoms with van der Waals surface area (Å²) in [6.45, 7) is 0. The molecule has 0 aromatic heterocycles. The number of hydrogen-bond donors (Lipinski definition) is 4. The number of aromatic hydroxyl groups is 1. The average molecular weight is 517 g/mol. The zero-order valence-corrected chi connectivity index (χ0v) is 20.0. The van der Waals surface area contributed by atoms with Gasteiger partial charge in [0.05, 0.1) is 5.56 Å². The van der Waals surface area contributed by atoms with Gasteiger partial charge in [-0.2, -0.15) is 0 Å². The summed E-state index contributed by atoms with van der Waals surface area (Å²) in [4.78, 5) is 37.8. The van der Waals surface area contributed by atoms with Gasteiger partial charge in [0.15, 0.2) is 0 Å². The van der Waals surface area contributed by atoms with Crippen LogP contribution in [-0.2, 0) is 4.79 Å². The monoisotopic (exact) mass is 516 g/mol. The molecule has 0 spiro atoms. The van der Waals surface area contributed by atoms with Crippen LogP contribution in [0.5, 0.6) is 5.75 Å². The van der Waals surface area contributed by atoms with Crippen molar-refractivity contribution in [1.29, 1.82) is 0 Å². The van der Waals surface area contributed by atoms with Gasteiger partial charge in [-0.15, -0.1) is 11.8 Å². The van der Waals surface area contributed by atoms with Crippen molar-refractivity contribution in [2.24, 2.45) is 0 Å². The van der Waals surface area contributed by atoms with E-state index in [-0.39, 0.29) is 16.8 Å². The molecule has 4 aromatic carbocycles. The molecule has 0 saturated carbocycles. The zero-order valence-electron chi connectivity index (χ0n) is 19.2. The maximum atomic E-state index is 14.0. The molecule has 4 N–H and O–H groups in total. The lowest BCUT2D eigenvalue weighted by molar-refractivity contribution is -0.115. The number of carboxylic acid groups (broad SMARTS) is 1. The molecule has 7 nitrogen and oxygen atoms in total. The van der Waals surface area contributed by atoms with Crippen molar-refractivity contribution >= 4 is 40.9 Å². The molecule has 9 heteroatoms. The number of hydrogen-bond acceptors (Lipinski definition) is 5. The summed E-state index contributed by atoms with van der Waals surface area (Å²) in [6.07, 6.45) is 0. The lowest BCUT2D eigenvalue weighted by Gasteiger charge is -2.18.